The summed E-state index contributed by atoms with van der Waals surface area (Å²) in [6.07, 6.45) is 2.49. The highest BCUT2D eigenvalue weighted by Gasteiger charge is 2.11. The highest BCUT2D eigenvalue weighted by molar-refractivity contribution is 5.66. The van der Waals surface area contributed by atoms with Crippen molar-refractivity contribution < 1.29 is 0 Å². The lowest BCUT2D eigenvalue weighted by Crippen LogP contribution is -2.19. The molecule has 2 rings (SSSR count). The van der Waals surface area contributed by atoms with E-state index in [2.05, 4.69) is 81.1 Å². The molecule has 0 atom stereocenters. The Bertz CT molecular complexity index is 557. The molecule has 0 spiro atoms. The maximum absolute atomic E-state index is 2.46. The molecule has 0 fully saturated rings. The van der Waals surface area contributed by atoms with Crippen LogP contribution in [0.4, 0.5) is 11.4 Å². The lowest BCUT2D eigenvalue weighted by Gasteiger charge is -2.27. The van der Waals surface area contributed by atoms with Crippen LogP contribution in [0.5, 0.6) is 0 Å². The first-order chi connectivity index (χ1) is 10.1. The summed E-state index contributed by atoms with van der Waals surface area (Å²) in [4.78, 5) is 2.46. The predicted molar refractivity (Wildman–Crippen MR) is 93.4 cm³/mol. The zero-order valence-electron chi connectivity index (χ0n) is 13.8. The molecule has 0 saturated carbocycles. The Morgan fingerprint density at radius 2 is 1.67 bits per heavy atom. The zero-order chi connectivity index (χ0) is 15.2. The van der Waals surface area contributed by atoms with Crippen LogP contribution in [0.2, 0.25) is 0 Å². The van der Waals surface area contributed by atoms with Gasteiger partial charge in [0.25, 0.3) is 0 Å². The number of nitrogens with zero attached hydrogens (tertiary/aromatic N) is 1. The van der Waals surface area contributed by atoms with E-state index in [1.807, 2.05) is 0 Å². The van der Waals surface area contributed by atoms with Crippen molar-refractivity contribution in [2.45, 2.75) is 40.5 Å². The van der Waals surface area contributed by atoms with Gasteiger partial charge in [-0.15, -0.1) is 0 Å². The third kappa shape index (κ3) is 4.35. The number of hydrogen-bond acceptors (Lipinski definition) is 1. The smallest absolute Gasteiger partial charge is 0.0440 e. The summed E-state index contributed by atoms with van der Waals surface area (Å²) in [6.45, 7) is 10.0. The predicted octanol–water partition coefficient (Wildman–Crippen LogP) is 5.88. The van der Waals surface area contributed by atoms with Gasteiger partial charge in [0.05, 0.1) is 0 Å². The molecule has 0 aliphatic heterocycles. The van der Waals surface area contributed by atoms with E-state index in [1.165, 1.54) is 35.3 Å². The van der Waals surface area contributed by atoms with Crippen LogP contribution in [0.15, 0.2) is 48.5 Å². The Hall–Kier alpha value is -1.76. The molecule has 0 bridgehead atoms. The molecule has 0 N–H and O–H groups in total. The molecule has 0 aromatic heterocycles. The fraction of sp³-hybridized carbons (Fsp3) is 0.400. The van der Waals surface area contributed by atoms with Crippen molar-refractivity contribution in [1.82, 2.24) is 0 Å². The minimum atomic E-state index is 0.765. The fourth-order valence-corrected chi connectivity index (χ4v) is 2.76. The van der Waals surface area contributed by atoms with Gasteiger partial charge < -0.3 is 4.90 Å². The molecule has 1 heteroatoms. The molecule has 112 valence electrons. The number of para-hydroxylation sites is 1. The summed E-state index contributed by atoms with van der Waals surface area (Å²) >= 11 is 0. The normalized spacial score (nSPS) is 10.9. The van der Waals surface area contributed by atoms with Crippen molar-refractivity contribution in [3.8, 4) is 0 Å². The van der Waals surface area contributed by atoms with Gasteiger partial charge in [0.15, 0.2) is 0 Å². The number of aryl methyl sites for hydroxylation is 2. The summed E-state index contributed by atoms with van der Waals surface area (Å²) in [5, 5.41) is 0. The van der Waals surface area contributed by atoms with Crippen LogP contribution in [0.25, 0.3) is 0 Å². The molecule has 2 aromatic carbocycles. The van der Waals surface area contributed by atoms with Crippen molar-refractivity contribution in [3.63, 3.8) is 0 Å². The molecule has 1 nitrogen and oxygen atoms in total. The van der Waals surface area contributed by atoms with Gasteiger partial charge in [0.2, 0.25) is 0 Å². The lowest BCUT2D eigenvalue weighted by atomic mass is 10.1. The van der Waals surface area contributed by atoms with E-state index < -0.39 is 0 Å². The third-order valence-electron chi connectivity index (χ3n) is 3.87. The number of hydrogen-bond donors (Lipinski definition) is 0. The molecule has 0 heterocycles. The van der Waals surface area contributed by atoms with E-state index in [-0.39, 0.29) is 0 Å². The van der Waals surface area contributed by atoms with Gasteiger partial charge in [-0.3, -0.25) is 0 Å². The molecule has 0 aliphatic carbocycles. The highest BCUT2D eigenvalue weighted by Crippen LogP contribution is 2.29. The Morgan fingerprint density at radius 1 is 0.952 bits per heavy atom. The molecule has 21 heavy (non-hydrogen) atoms. The van der Waals surface area contributed by atoms with Crippen molar-refractivity contribution in [2.75, 3.05) is 11.4 Å². The monoisotopic (exact) mass is 281 g/mol. The third-order valence-corrected chi connectivity index (χ3v) is 3.87. The van der Waals surface area contributed by atoms with Crippen LogP contribution in [0.3, 0.4) is 0 Å². The van der Waals surface area contributed by atoms with Crippen LogP contribution in [0, 0.1) is 19.8 Å². The van der Waals surface area contributed by atoms with Crippen LogP contribution < -0.4 is 4.90 Å². The topological polar surface area (TPSA) is 3.24 Å². The standard InChI is InChI=1S/C20H27N/c1-16(2)9-8-14-21(19-10-6-5-7-11-19)20-13-12-17(3)15-18(20)4/h5-7,10-13,15-16H,8-9,14H2,1-4H3. The average Bonchev–Trinajstić information content (AvgIpc) is 2.45. The second-order valence-electron chi connectivity index (χ2n) is 6.31. The van der Waals surface area contributed by atoms with E-state index in [9.17, 15) is 0 Å². The molecule has 0 aliphatic rings. The molecule has 0 amide bonds. The Labute approximate surface area is 129 Å². The second-order valence-corrected chi connectivity index (χ2v) is 6.31. The number of rotatable bonds is 6. The van der Waals surface area contributed by atoms with E-state index >= 15 is 0 Å². The van der Waals surface area contributed by atoms with Crippen molar-refractivity contribution in [2.24, 2.45) is 5.92 Å². The maximum Gasteiger partial charge on any atom is 0.0440 e. The van der Waals surface area contributed by atoms with Crippen LogP contribution in [-0.4, -0.2) is 6.54 Å². The van der Waals surface area contributed by atoms with Crippen LogP contribution in [-0.2, 0) is 0 Å². The second kappa shape index (κ2) is 7.31. The van der Waals surface area contributed by atoms with Gasteiger partial charge in [-0.1, -0.05) is 49.7 Å². The molecular formula is C20H27N. The van der Waals surface area contributed by atoms with Gasteiger partial charge in [0, 0.05) is 17.9 Å². The van der Waals surface area contributed by atoms with Crippen molar-refractivity contribution in [1.29, 1.82) is 0 Å². The first-order valence-electron chi connectivity index (χ1n) is 7.98. The van der Waals surface area contributed by atoms with Gasteiger partial charge in [-0.2, -0.15) is 0 Å². The fourth-order valence-electron chi connectivity index (χ4n) is 2.76. The zero-order valence-corrected chi connectivity index (χ0v) is 13.8. The van der Waals surface area contributed by atoms with E-state index in [0.29, 0.717) is 0 Å². The quantitative estimate of drug-likeness (QED) is 0.639. The summed E-state index contributed by atoms with van der Waals surface area (Å²) in [5.41, 5.74) is 5.29. The largest absolute Gasteiger partial charge is 0.341 e. The Kier molecular flexibility index (Phi) is 5.44. The Morgan fingerprint density at radius 3 is 2.29 bits per heavy atom. The minimum absolute atomic E-state index is 0.765. The van der Waals surface area contributed by atoms with Crippen LogP contribution in [0.1, 0.15) is 37.8 Å². The summed E-state index contributed by atoms with van der Waals surface area (Å²) < 4.78 is 0. The molecule has 0 saturated heterocycles. The Balaban J connectivity index is 2.27. The lowest BCUT2D eigenvalue weighted by molar-refractivity contribution is 0.559. The van der Waals surface area contributed by atoms with Gasteiger partial charge in [0.1, 0.15) is 0 Å². The van der Waals surface area contributed by atoms with Gasteiger partial charge >= 0.3 is 0 Å². The van der Waals surface area contributed by atoms with E-state index in [0.717, 1.165) is 12.5 Å². The molecule has 0 radical (unpaired) electrons. The molecule has 0 unspecified atom stereocenters. The number of anilines is 2. The van der Waals surface area contributed by atoms with E-state index in [1.54, 1.807) is 0 Å². The molecular weight excluding hydrogens is 254 g/mol. The van der Waals surface area contributed by atoms with Gasteiger partial charge in [-0.05, 0) is 56.4 Å². The van der Waals surface area contributed by atoms with Crippen molar-refractivity contribution in [3.05, 3.63) is 59.7 Å². The van der Waals surface area contributed by atoms with Crippen molar-refractivity contribution >= 4 is 11.4 Å². The van der Waals surface area contributed by atoms with E-state index in [4.69, 9.17) is 0 Å². The first kappa shape index (κ1) is 15.6. The first-order valence-corrected chi connectivity index (χ1v) is 7.98. The summed E-state index contributed by atoms with van der Waals surface area (Å²) in [6, 6.07) is 17.5. The maximum atomic E-state index is 2.46. The highest BCUT2D eigenvalue weighted by atomic mass is 15.1. The minimum Gasteiger partial charge on any atom is -0.341 e. The summed E-state index contributed by atoms with van der Waals surface area (Å²) in [7, 11) is 0. The average molecular weight is 281 g/mol. The summed E-state index contributed by atoms with van der Waals surface area (Å²) in [5.74, 6) is 0.765. The van der Waals surface area contributed by atoms with Gasteiger partial charge in [-0.25, -0.2) is 0 Å². The van der Waals surface area contributed by atoms with Crippen LogP contribution >= 0.6 is 0 Å². The molecule has 2 aromatic rings. The number of benzene rings is 2. The SMILES string of the molecule is Cc1ccc(N(CCCC(C)C)c2ccccc2)c(C)c1.